The summed E-state index contributed by atoms with van der Waals surface area (Å²) < 4.78 is 38.9. The molecule has 0 spiro atoms. The SMILES string of the molecule is C.C.C.C=CC(=O)Cl.C=CC(=O)N1CCN(C(=O)OC(C)(C)C)CC1C(N)=O.C=CC(=O)N1CCNCC1C(N)=O.CC(C)(C)OC(=O)N1CCCC(C(=O)O)C1.CC(C)(C)OC(=O)N1CCCC(C(N)=O)C1.CC(C)(C)OC(=O)N1CCCC(C(N)=O)C1.CC(C)(C)OC(=O)OC(=O)OC(C)(C)C.CCOC(=O)Cl.Cl.N.NC(=O)C1CCCNC1.O.O=C(O)C1CCCNC1.[H-].[Na+]. The minimum absolute atomic E-state index is 0. The molecule has 766 valence electrons. The molecule has 7 unspecified atom stereocenters. The van der Waals surface area contributed by atoms with Crippen molar-refractivity contribution >= 4 is 136 Å². The first-order valence-corrected chi connectivity index (χ1v) is 41.7. The van der Waals surface area contributed by atoms with E-state index < -0.39 is 111 Å². The molecule has 7 fully saturated rings. The number of nitrogens with two attached hydrogens (primary N) is 5. The van der Waals surface area contributed by atoms with Crippen LogP contribution >= 0.6 is 35.6 Å². The molecule has 7 aliphatic heterocycles. The predicted octanol–water partition coefficient (Wildman–Crippen LogP) is 6.04. The molecule has 47 heteroatoms. The number of aliphatic carboxylic acids is 2. The minimum atomic E-state index is -1.06. The zero-order valence-corrected chi connectivity index (χ0v) is 83.4. The number of carbonyl (C=O) groups excluding carboxylic acids is 15. The fourth-order valence-corrected chi connectivity index (χ4v) is 11.3. The number of piperazine rings is 2. The molecular weight excluding hydrogens is 1810 g/mol. The van der Waals surface area contributed by atoms with Gasteiger partial charge in [0.1, 0.15) is 45.7 Å². The van der Waals surface area contributed by atoms with Gasteiger partial charge in [-0.3, -0.25) is 47.9 Å². The number of nitrogens with zero attached hydrogens (tertiary/aromatic N) is 6. The average molecular weight is 1970 g/mol. The summed E-state index contributed by atoms with van der Waals surface area (Å²) in [5.41, 5.74) is 21.7. The molecule has 0 aromatic carbocycles. The van der Waals surface area contributed by atoms with E-state index in [2.05, 4.69) is 45.2 Å². The number of ether oxygens (including phenoxy) is 8. The first-order chi connectivity index (χ1) is 57.3. The molecule has 7 atom stereocenters. The Hall–Kier alpha value is -8.92. The Morgan fingerprint density at radius 2 is 0.674 bits per heavy atom. The first-order valence-electron chi connectivity index (χ1n) is 40.9. The molecule has 0 saturated carbocycles. The second-order valence-electron chi connectivity index (χ2n) is 34.9. The molecule has 20 N–H and O–H groups in total. The quantitative estimate of drug-likeness (QED) is 0.0280. The number of carboxylic acids is 2. The number of primary amides is 5. The normalized spacial score (nSPS) is 18.8. The van der Waals surface area contributed by atoms with Crippen LogP contribution in [0.2, 0.25) is 0 Å². The Morgan fingerprint density at radius 1 is 0.394 bits per heavy atom. The van der Waals surface area contributed by atoms with Gasteiger partial charge in [0.15, 0.2) is 0 Å². The number of nitrogens with one attached hydrogen (secondary N) is 3. The summed E-state index contributed by atoms with van der Waals surface area (Å²) in [6.45, 7) is 51.9. The summed E-state index contributed by atoms with van der Waals surface area (Å²) >= 11 is 9.42. The van der Waals surface area contributed by atoms with Crippen LogP contribution in [0.15, 0.2) is 38.0 Å². The molecule has 0 aromatic rings. The molecule has 0 radical (unpaired) electrons. The Bertz CT molecular complexity index is 3360. The maximum atomic E-state index is 12.0. The Morgan fingerprint density at radius 3 is 0.909 bits per heavy atom. The van der Waals surface area contributed by atoms with Crippen LogP contribution in [-0.4, -0.2) is 303 Å². The minimum Gasteiger partial charge on any atom is -1.00 e. The molecule has 132 heavy (non-hydrogen) atoms. The van der Waals surface area contributed by atoms with Gasteiger partial charge in [-0.05, 0) is 239 Å². The molecule has 7 heterocycles. The molecular formula is C85H161Cl3N15NaO28. The van der Waals surface area contributed by atoms with Gasteiger partial charge < -0.3 is 135 Å². The van der Waals surface area contributed by atoms with Crippen molar-refractivity contribution in [3.63, 3.8) is 0 Å². The van der Waals surface area contributed by atoms with Crippen LogP contribution in [0, 0.1) is 29.6 Å². The molecule has 0 aliphatic carbocycles. The van der Waals surface area contributed by atoms with E-state index in [0.717, 1.165) is 89.6 Å². The Balaban J connectivity index is -0.000000140. The number of carbonyl (C=O) groups is 17. The van der Waals surface area contributed by atoms with Gasteiger partial charge in [-0.2, -0.15) is 0 Å². The van der Waals surface area contributed by atoms with Gasteiger partial charge in [-0.25, -0.2) is 33.6 Å². The van der Waals surface area contributed by atoms with E-state index in [1.54, 1.807) is 99.8 Å². The summed E-state index contributed by atoms with van der Waals surface area (Å²) in [6.07, 6.45) is 7.92. The van der Waals surface area contributed by atoms with E-state index in [1.165, 1.54) is 25.7 Å². The summed E-state index contributed by atoms with van der Waals surface area (Å²) in [6, 6.07) is -1.40. The van der Waals surface area contributed by atoms with Gasteiger partial charge in [0.2, 0.25) is 46.6 Å². The van der Waals surface area contributed by atoms with E-state index in [9.17, 15) is 81.5 Å². The third kappa shape index (κ3) is 71.7. The number of hydrogen-bond donors (Lipinski definition) is 11. The number of allylic oxidation sites excluding steroid dienone is 1. The molecule has 11 amide bonds. The average Bonchev–Trinajstić information content (AvgIpc) is 0.817. The van der Waals surface area contributed by atoms with Crippen LogP contribution < -0.4 is 80.3 Å². The fourth-order valence-electron chi connectivity index (χ4n) is 11.2. The number of hydrogen-bond acceptors (Lipinski definition) is 29. The van der Waals surface area contributed by atoms with E-state index in [-0.39, 0.29) is 169 Å². The first kappa shape index (κ1) is 143. The largest absolute Gasteiger partial charge is 1.00 e. The topological polar surface area (TPSA) is 657 Å². The smallest absolute Gasteiger partial charge is 1.00 e. The van der Waals surface area contributed by atoms with Crippen LogP contribution in [0.4, 0.5) is 33.6 Å². The van der Waals surface area contributed by atoms with Gasteiger partial charge in [0.25, 0.3) is 0 Å². The van der Waals surface area contributed by atoms with Crippen molar-refractivity contribution in [3.05, 3.63) is 38.0 Å². The summed E-state index contributed by atoms with van der Waals surface area (Å²) in [5.74, 6) is -5.10. The van der Waals surface area contributed by atoms with Gasteiger partial charge >= 0.3 is 83.6 Å². The van der Waals surface area contributed by atoms with Crippen LogP contribution in [-0.2, 0) is 85.8 Å². The number of amides is 11. The standard InChI is InChI=1S/C13H21N3O4.2C11H20N2O3.C11H19NO4.C10H18O5.C8H13N3O2.C6H12N2O.C6H11NO2.C3H5ClO2.C3H3ClO.3CH4.ClH.H3N.Na.H2O.H/c1-5-10(17)16-7-6-15(8-9(16)11(14)18)12(19)20-13(2,3)4;2*1-11(2,3)16-10(15)13-6-4-5-8(7-13)9(12)14;1-11(2,3)16-10(15)12-6-4-5-8(7-12)9(13)14;1-9(2,3)14-7(11)13-8(12)15-10(4,5)6;1-2-7(12)11-4-3-10-5-6(11)8(9)13;7-6(9)5-2-1-3-8-4-5;8-6(9)5-2-1-3-7-4-5;1-2-6-3(4)5;1-2-3(4)5;;;;;;;;/h5,9H,1,6-8H2,2-4H3,(H2,14,18);2*8H,4-7H2,1-3H3,(H2,12,14);8H,4-7H2,1-3H3,(H,13,14);1-6H3;2,6,10H,1,3-5H2,(H2,9,13);5,8H,1-4H2,(H2,7,9);5,7H,1-4H2,(H,8,9);2H2,1H3;2H,1H2;3*1H4;1H;1H3;;1H2;/q;;;;;;;;;;;;;;;+1;;-1. The van der Waals surface area contributed by atoms with E-state index in [4.69, 9.17) is 90.5 Å². The zero-order valence-electron chi connectivity index (χ0n) is 80.0. The molecule has 7 saturated heterocycles. The molecule has 7 rings (SSSR count). The van der Waals surface area contributed by atoms with Crippen molar-refractivity contribution in [1.29, 1.82) is 0 Å². The second kappa shape index (κ2) is 71.6. The van der Waals surface area contributed by atoms with E-state index in [1.807, 2.05) is 41.5 Å². The van der Waals surface area contributed by atoms with Gasteiger partial charge in [-0.15, -0.1) is 12.4 Å². The van der Waals surface area contributed by atoms with E-state index >= 15 is 0 Å². The monoisotopic (exact) mass is 1970 g/mol. The maximum Gasteiger partial charge on any atom is 1.00 e. The van der Waals surface area contributed by atoms with Crippen molar-refractivity contribution in [2.45, 2.75) is 264 Å². The van der Waals surface area contributed by atoms with Crippen molar-refractivity contribution < 1.29 is 166 Å². The predicted molar refractivity (Wildman–Crippen MR) is 501 cm³/mol. The fraction of sp³-hybridized carbons (Fsp3) is 0.729. The number of likely N-dealkylation sites (tertiary alicyclic amines) is 3. The number of rotatable bonds is 11. The van der Waals surface area contributed by atoms with Crippen molar-refractivity contribution in [2.24, 2.45) is 58.3 Å². The molecule has 0 aromatic heterocycles. The Kier molecular flexibility index (Phi) is 77.8. The van der Waals surface area contributed by atoms with E-state index in [0.29, 0.717) is 71.9 Å². The van der Waals surface area contributed by atoms with Gasteiger partial charge in [0, 0.05) is 96.7 Å². The van der Waals surface area contributed by atoms with Gasteiger partial charge in [-0.1, -0.05) is 42.0 Å². The third-order valence-corrected chi connectivity index (χ3v) is 17.2. The Labute approximate surface area is 820 Å². The summed E-state index contributed by atoms with van der Waals surface area (Å²) in [7, 11) is 0. The maximum absolute atomic E-state index is 12.0. The van der Waals surface area contributed by atoms with Crippen molar-refractivity contribution in [2.75, 3.05) is 111 Å². The van der Waals surface area contributed by atoms with Crippen LogP contribution in [0.25, 0.3) is 0 Å². The van der Waals surface area contributed by atoms with Crippen LogP contribution in [0.3, 0.4) is 0 Å². The number of carboxylic acid groups (broad SMARTS) is 2. The summed E-state index contributed by atoms with van der Waals surface area (Å²) in [5, 5.41) is 26.0. The third-order valence-electron chi connectivity index (χ3n) is 16.9. The molecule has 7 aliphatic rings. The number of piperidine rings is 5. The summed E-state index contributed by atoms with van der Waals surface area (Å²) in [4.78, 5) is 196. The van der Waals surface area contributed by atoms with Crippen LogP contribution in [0.1, 0.15) is 219 Å². The zero-order chi connectivity index (χ0) is 97.3. The molecule has 43 nitrogen and oxygen atoms in total. The number of halogens is 3. The van der Waals surface area contributed by atoms with Crippen molar-refractivity contribution in [1.82, 2.24) is 51.5 Å². The van der Waals surface area contributed by atoms with Gasteiger partial charge in [0.05, 0.1) is 42.7 Å². The molecule has 0 bridgehead atoms. The van der Waals surface area contributed by atoms with Crippen molar-refractivity contribution in [3.8, 4) is 0 Å². The van der Waals surface area contributed by atoms with Crippen LogP contribution in [0.5, 0.6) is 0 Å². The second-order valence-corrected chi connectivity index (χ2v) is 35.6.